The Balaban J connectivity index is 2.18. The van der Waals surface area contributed by atoms with Crippen molar-refractivity contribution < 1.29 is 4.79 Å². The SMILES string of the molecule is Cc1csc(NC(=O)c2cccc(C(N)=S)c2)n1. The van der Waals surface area contributed by atoms with Crippen molar-refractivity contribution in [1.29, 1.82) is 0 Å². The molecule has 2 rings (SSSR count). The molecule has 0 aliphatic heterocycles. The Labute approximate surface area is 114 Å². The van der Waals surface area contributed by atoms with Crippen molar-refractivity contribution in [1.82, 2.24) is 4.98 Å². The van der Waals surface area contributed by atoms with Crippen molar-refractivity contribution in [3.63, 3.8) is 0 Å². The monoisotopic (exact) mass is 277 g/mol. The number of anilines is 1. The highest BCUT2D eigenvalue weighted by molar-refractivity contribution is 7.80. The lowest BCUT2D eigenvalue weighted by Gasteiger charge is -2.03. The van der Waals surface area contributed by atoms with Crippen LogP contribution in [0.5, 0.6) is 0 Å². The molecule has 1 aromatic carbocycles. The molecule has 1 aromatic heterocycles. The molecule has 0 fully saturated rings. The number of aromatic nitrogens is 1. The summed E-state index contributed by atoms with van der Waals surface area (Å²) in [4.78, 5) is 16.4. The van der Waals surface area contributed by atoms with Gasteiger partial charge in [-0.05, 0) is 19.1 Å². The molecule has 0 unspecified atom stereocenters. The maximum atomic E-state index is 12.0. The molecule has 18 heavy (non-hydrogen) atoms. The van der Waals surface area contributed by atoms with Crippen molar-refractivity contribution in [3.8, 4) is 0 Å². The van der Waals surface area contributed by atoms with Gasteiger partial charge in [0.2, 0.25) is 0 Å². The van der Waals surface area contributed by atoms with Gasteiger partial charge in [-0.1, -0.05) is 24.4 Å². The van der Waals surface area contributed by atoms with Gasteiger partial charge in [-0.25, -0.2) is 4.98 Å². The fraction of sp³-hybridized carbons (Fsp3) is 0.0833. The van der Waals surface area contributed by atoms with Gasteiger partial charge in [0.25, 0.3) is 5.91 Å². The van der Waals surface area contributed by atoms with E-state index in [1.54, 1.807) is 24.3 Å². The van der Waals surface area contributed by atoms with Crippen molar-refractivity contribution in [2.24, 2.45) is 5.73 Å². The highest BCUT2D eigenvalue weighted by atomic mass is 32.1. The average Bonchev–Trinajstić information content (AvgIpc) is 2.75. The van der Waals surface area contributed by atoms with Crippen molar-refractivity contribution in [2.75, 3.05) is 5.32 Å². The number of nitrogens with one attached hydrogen (secondary N) is 1. The average molecular weight is 277 g/mol. The first-order valence-corrected chi connectivity index (χ1v) is 6.48. The minimum atomic E-state index is -0.220. The van der Waals surface area contributed by atoms with E-state index in [9.17, 15) is 4.79 Å². The fourth-order valence-corrected chi connectivity index (χ4v) is 2.20. The number of hydrogen-bond donors (Lipinski definition) is 2. The summed E-state index contributed by atoms with van der Waals surface area (Å²) in [6.07, 6.45) is 0. The number of rotatable bonds is 3. The number of hydrogen-bond acceptors (Lipinski definition) is 4. The molecule has 4 nitrogen and oxygen atoms in total. The number of nitrogens with two attached hydrogens (primary N) is 1. The van der Waals surface area contributed by atoms with Crippen molar-refractivity contribution in [2.45, 2.75) is 6.92 Å². The smallest absolute Gasteiger partial charge is 0.257 e. The van der Waals surface area contributed by atoms with Crippen LogP contribution in [0.3, 0.4) is 0 Å². The zero-order chi connectivity index (χ0) is 13.1. The van der Waals surface area contributed by atoms with Crippen LogP contribution in [0, 0.1) is 6.92 Å². The molecule has 0 aliphatic carbocycles. The first-order valence-electron chi connectivity index (χ1n) is 5.19. The Morgan fingerprint density at radius 3 is 2.78 bits per heavy atom. The number of aryl methyl sites for hydroxylation is 1. The summed E-state index contributed by atoms with van der Waals surface area (Å²) in [7, 11) is 0. The number of carbonyl (C=O) groups excluding carboxylic acids is 1. The zero-order valence-electron chi connectivity index (χ0n) is 9.64. The Hall–Kier alpha value is -1.79. The van der Waals surface area contributed by atoms with Gasteiger partial charge in [0.1, 0.15) is 4.99 Å². The van der Waals surface area contributed by atoms with Crippen LogP contribution in [-0.4, -0.2) is 15.9 Å². The standard InChI is InChI=1S/C12H11N3OS2/c1-7-6-18-12(14-7)15-11(16)9-4-2-3-8(5-9)10(13)17/h2-6H,1H3,(H2,13,17)(H,14,15,16). The Morgan fingerprint density at radius 1 is 1.44 bits per heavy atom. The number of thiazole rings is 1. The molecule has 1 amide bonds. The van der Waals surface area contributed by atoms with Gasteiger partial charge in [0.05, 0.1) is 5.69 Å². The molecule has 0 aliphatic rings. The molecule has 6 heteroatoms. The summed E-state index contributed by atoms with van der Waals surface area (Å²) < 4.78 is 0. The maximum absolute atomic E-state index is 12.0. The molecule has 2 aromatic rings. The Kier molecular flexibility index (Phi) is 3.69. The van der Waals surface area contributed by atoms with Crippen LogP contribution >= 0.6 is 23.6 Å². The van der Waals surface area contributed by atoms with Crippen LogP contribution in [0.1, 0.15) is 21.6 Å². The summed E-state index contributed by atoms with van der Waals surface area (Å²) >= 11 is 6.27. The molecule has 0 atom stereocenters. The van der Waals surface area contributed by atoms with E-state index in [0.717, 1.165) is 5.69 Å². The summed E-state index contributed by atoms with van der Waals surface area (Å²) in [6, 6.07) is 6.89. The van der Waals surface area contributed by atoms with Crippen LogP contribution in [0.25, 0.3) is 0 Å². The second kappa shape index (κ2) is 5.24. The predicted octanol–water partition coefficient (Wildman–Crippen LogP) is 2.34. The lowest BCUT2D eigenvalue weighted by atomic mass is 10.1. The lowest BCUT2D eigenvalue weighted by Crippen LogP contribution is -2.14. The Bertz CT molecular complexity index is 607. The fourth-order valence-electron chi connectivity index (χ4n) is 1.39. The van der Waals surface area contributed by atoms with E-state index in [1.165, 1.54) is 11.3 Å². The van der Waals surface area contributed by atoms with E-state index in [0.29, 0.717) is 16.3 Å². The van der Waals surface area contributed by atoms with Gasteiger partial charge in [0, 0.05) is 16.5 Å². The van der Waals surface area contributed by atoms with Gasteiger partial charge in [0.15, 0.2) is 5.13 Å². The highest BCUT2D eigenvalue weighted by Gasteiger charge is 2.09. The lowest BCUT2D eigenvalue weighted by molar-refractivity contribution is 0.102. The largest absolute Gasteiger partial charge is 0.389 e. The minimum Gasteiger partial charge on any atom is -0.389 e. The third-order valence-corrected chi connectivity index (χ3v) is 3.36. The first kappa shape index (κ1) is 12.7. The third-order valence-electron chi connectivity index (χ3n) is 2.25. The van der Waals surface area contributed by atoms with Crippen LogP contribution < -0.4 is 11.1 Å². The zero-order valence-corrected chi connectivity index (χ0v) is 11.3. The van der Waals surface area contributed by atoms with Crippen LogP contribution in [0.15, 0.2) is 29.6 Å². The molecule has 0 spiro atoms. The second-order valence-electron chi connectivity index (χ2n) is 3.69. The van der Waals surface area contributed by atoms with Crippen LogP contribution in [0.4, 0.5) is 5.13 Å². The van der Waals surface area contributed by atoms with E-state index in [4.69, 9.17) is 18.0 Å². The molecule has 0 saturated heterocycles. The molecule has 0 radical (unpaired) electrons. The van der Waals surface area contributed by atoms with Gasteiger partial charge < -0.3 is 5.73 Å². The quantitative estimate of drug-likeness (QED) is 0.845. The summed E-state index contributed by atoms with van der Waals surface area (Å²) in [6.45, 7) is 1.87. The van der Waals surface area contributed by atoms with E-state index in [-0.39, 0.29) is 10.9 Å². The predicted molar refractivity (Wildman–Crippen MR) is 77.1 cm³/mol. The topological polar surface area (TPSA) is 68.0 Å². The van der Waals surface area contributed by atoms with Crippen molar-refractivity contribution >= 4 is 39.6 Å². The minimum absolute atomic E-state index is 0.220. The third kappa shape index (κ3) is 2.91. The van der Waals surface area contributed by atoms with Gasteiger partial charge in [-0.3, -0.25) is 10.1 Å². The second-order valence-corrected chi connectivity index (χ2v) is 4.99. The summed E-state index contributed by atoms with van der Waals surface area (Å²) in [5, 5.41) is 5.19. The number of benzene rings is 1. The van der Waals surface area contributed by atoms with Crippen LogP contribution in [-0.2, 0) is 0 Å². The Morgan fingerprint density at radius 2 is 2.17 bits per heavy atom. The van der Waals surface area contributed by atoms with Crippen LogP contribution in [0.2, 0.25) is 0 Å². The van der Waals surface area contributed by atoms with E-state index in [1.807, 2.05) is 12.3 Å². The molecule has 1 heterocycles. The van der Waals surface area contributed by atoms with E-state index in [2.05, 4.69) is 10.3 Å². The summed E-state index contributed by atoms with van der Waals surface area (Å²) in [5.74, 6) is -0.220. The number of carbonyl (C=O) groups is 1. The molecular weight excluding hydrogens is 266 g/mol. The van der Waals surface area contributed by atoms with E-state index >= 15 is 0 Å². The highest BCUT2D eigenvalue weighted by Crippen LogP contribution is 2.16. The molecular formula is C12H11N3OS2. The van der Waals surface area contributed by atoms with Crippen molar-refractivity contribution in [3.05, 3.63) is 46.5 Å². The molecule has 92 valence electrons. The van der Waals surface area contributed by atoms with E-state index < -0.39 is 0 Å². The number of amides is 1. The van der Waals surface area contributed by atoms with Gasteiger partial charge >= 0.3 is 0 Å². The summed E-state index contributed by atoms with van der Waals surface area (Å²) in [5.41, 5.74) is 7.59. The molecule has 3 N–H and O–H groups in total. The molecule has 0 saturated carbocycles. The molecule has 0 bridgehead atoms. The number of thiocarbonyl (C=S) groups is 1. The normalized spacial score (nSPS) is 10.1. The first-order chi connectivity index (χ1) is 8.56. The van der Waals surface area contributed by atoms with Gasteiger partial charge in [-0.2, -0.15) is 0 Å². The number of nitrogens with zero attached hydrogens (tertiary/aromatic N) is 1. The maximum Gasteiger partial charge on any atom is 0.257 e. The van der Waals surface area contributed by atoms with Gasteiger partial charge in [-0.15, -0.1) is 11.3 Å².